The van der Waals surface area contributed by atoms with Crippen molar-refractivity contribution in [2.45, 2.75) is 58.5 Å². The molecular weight excluding hydrogens is 389 g/mol. The molecule has 2 unspecified atom stereocenters. The van der Waals surface area contributed by atoms with Crippen molar-refractivity contribution in [1.82, 2.24) is 20.4 Å². The Morgan fingerprint density at radius 2 is 2.27 bits per heavy atom. The van der Waals surface area contributed by atoms with Gasteiger partial charge in [-0.2, -0.15) is 5.10 Å². The van der Waals surface area contributed by atoms with Crippen LogP contribution in [0.4, 0.5) is 0 Å². The Bertz CT molecular complexity index is 457. The van der Waals surface area contributed by atoms with Gasteiger partial charge in [-0.15, -0.1) is 24.0 Å². The molecule has 2 rings (SSSR count). The van der Waals surface area contributed by atoms with Crippen LogP contribution >= 0.6 is 24.0 Å². The minimum Gasteiger partial charge on any atom is -0.355 e. The molecule has 1 aliphatic carbocycles. The van der Waals surface area contributed by atoms with Crippen molar-refractivity contribution in [1.29, 1.82) is 0 Å². The quantitative estimate of drug-likeness (QED) is 0.439. The zero-order chi connectivity index (χ0) is 15.1. The topological polar surface area (TPSA) is 54.2 Å². The molecule has 0 saturated heterocycles. The van der Waals surface area contributed by atoms with Crippen LogP contribution in [-0.2, 0) is 6.54 Å². The molecule has 22 heavy (non-hydrogen) atoms. The number of nitrogens with zero attached hydrogens (tertiary/aromatic N) is 3. The van der Waals surface area contributed by atoms with E-state index in [-0.39, 0.29) is 24.0 Å². The van der Waals surface area contributed by atoms with Crippen molar-refractivity contribution < 1.29 is 0 Å². The molecule has 1 aliphatic rings. The van der Waals surface area contributed by atoms with E-state index < -0.39 is 0 Å². The Hall–Kier alpha value is -0.790. The number of aromatic nitrogens is 2. The van der Waals surface area contributed by atoms with Crippen LogP contribution < -0.4 is 10.6 Å². The SMILES string of the molecule is CCC1CCCC(NC(=NC)NCCn2cc(C)cn2)C1.I. The van der Waals surface area contributed by atoms with Crippen LogP contribution in [0, 0.1) is 12.8 Å². The summed E-state index contributed by atoms with van der Waals surface area (Å²) >= 11 is 0. The second-order valence-corrected chi connectivity index (χ2v) is 6.06. The van der Waals surface area contributed by atoms with Crippen LogP contribution in [0.25, 0.3) is 0 Å². The minimum absolute atomic E-state index is 0. The average Bonchev–Trinajstić information content (AvgIpc) is 2.92. The van der Waals surface area contributed by atoms with Gasteiger partial charge in [-0.05, 0) is 31.2 Å². The molecule has 0 bridgehead atoms. The summed E-state index contributed by atoms with van der Waals surface area (Å²) in [5.74, 6) is 1.79. The largest absolute Gasteiger partial charge is 0.355 e. The molecule has 0 aliphatic heterocycles. The molecule has 0 spiro atoms. The summed E-state index contributed by atoms with van der Waals surface area (Å²) in [4.78, 5) is 4.33. The van der Waals surface area contributed by atoms with Gasteiger partial charge in [0, 0.05) is 25.8 Å². The van der Waals surface area contributed by atoms with E-state index in [1.807, 2.05) is 17.9 Å². The van der Waals surface area contributed by atoms with E-state index in [1.54, 1.807) is 0 Å². The van der Waals surface area contributed by atoms with Gasteiger partial charge < -0.3 is 10.6 Å². The lowest BCUT2D eigenvalue weighted by molar-refractivity contribution is 0.298. The fourth-order valence-electron chi connectivity index (χ4n) is 3.06. The summed E-state index contributed by atoms with van der Waals surface area (Å²) in [6.45, 7) is 6.05. The Morgan fingerprint density at radius 3 is 2.91 bits per heavy atom. The third kappa shape index (κ3) is 6.14. The molecule has 1 aromatic heterocycles. The van der Waals surface area contributed by atoms with E-state index in [4.69, 9.17) is 0 Å². The molecule has 1 aromatic rings. The van der Waals surface area contributed by atoms with Crippen LogP contribution in [0.1, 0.15) is 44.6 Å². The molecule has 0 amide bonds. The number of guanidine groups is 1. The van der Waals surface area contributed by atoms with E-state index in [9.17, 15) is 0 Å². The molecule has 2 N–H and O–H groups in total. The highest BCUT2D eigenvalue weighted by Crippen LogP contribution is 2.26. The van der Waals surface area contributed by atoms with E-state index >= 15 is 0 Å². The minimum atomic E-state index is 0. The highest BCUT2D eigenvalue weighted by Gasteiger charge is 2.21. The van der Waals surface area contributed by atoms with Crippen molar-refractivity contribution in [2.24, 2.45) is 10.9 Å². The number of hydrogen-bond donors (Lipinski definition) is 2. The van der Waals surface area contributed by atoms with Gasteiger partial charge in [0.1, 0.15) is 0 Å². The number of hydrogen-bond acceptors (Lipinski definition) is 2. The van der Waals surface area contributed by atoms with Gasteiger partial charge in [-0.3, -0.25) is 9.67 Å². The van der Waals surface area contributed by atoms with Crippen LogP contribution in [0.5, 0.6) is 0 Å². The predicted octanol–water partition coefficient (Wildman–Crippen LogP) is 2.94. The van der Waals surface area contributed by atoms with Crippen LogP contribution in [0.3, 0.4) is 0 Å². The molecule has 1 saturated carbocycles. The second-order valence-electron chi connectivity index (χ2n) is 6.06. The number of nitrogens with one attached hydrogen (secondary N) is 2. The Labute approximate surface area is 151 Å². The summed E-state index contributed by atoms with van der Waals surface area (Å²) < 4.78 is 1.96. The number of halogens is 1. The average molecular weight is 419 g/mol. The van der Waals surface area contributed by atoms with Crippen molar-refractivity contribution in [3.8, 4) is 0 Å². The first-order chi connectivity index (χ1) is 10.2. The van der Waals surface area contributed by atoms with Gasteiger partial charge in [0.25, 0.3) is 0 Å². The third-order valence-corrected chi connectivity index (χ3v) is 4.32. The second kappa shape index (κ2) is 10.1. The summed E-state index contributed by atoms with van der Waals surface area (Å²) in [5.41, 5.74) is 1.20. The van der Waals surface area contributed by atoms with Gasteiger partial charge in [0.15, 0.2) is 5.96 Å². The lowest BCUT2D eigenvalue weighted by Gasteiger charge is -2.30. The van der Waals surface area contributed by atoms with Crippen molar-refractivity contribution in [3.63, 3.8) is 0 Å². The summed E-state index contributed by atoms with van der Waals surface area (Å²) in [6, 6.07) is 0.571. The first-order valence-electron chi connectivity index (χ1n) is 8.17. The maximum absolute atomic E-state index is 4.33. The molecule has 126 valence electrons. The van der Waals surface area contributed by atoms with Gasteiger partial charge >= 0.3 is 0 Å². The van der Waals surface area contributed by atoms with Gasteiger partial charge in [0.2, 0.25) is 0 Å². The highest BCUT2D eigenvalue weighted by molar-refractivity contribution is 14.0. The zero-order valence-electron chi connectivity index (χ0n) is 14.0. The maximum Gasteiger partial charge on any atom is 0.191 e. The van der Waals surface area contributed by atoms with E-state index in [1.165, 1.54) is 37.7 Å². The lowest BCUT2D eigenvalue weighted by Crippen LogP contribution is -2.46. The molecule has 0 radical (unpaired) electrons. The van der Waals surface area contributed by atoms with Gasteiger partial charge in [-0.25, -0.2) is 0 Å². The first-order valence-corrected chi connectivity index (χ1v) is 8.17. The lowest BCUT2D eigenvalue weighted by atomic mass is 9.84. The van der Waals surface area contributed by atoms with Crippen LogP contribution in [-0.4, -0.2) is 35.4 Å². The van der Waals surface area contributed by atoms with Crippen LogP contribution in [0.2, 0.25) is 0 Å². The number of rotatable bonds is 5. The third-order valence-electron chi connectivity index (χ3n) is 4.32. The molecule has 2 atom stereocenters. The molecule has 5 nitrogen and oxygen atoms in total. The van der Waals surface area contributed by atoms with Crippen molar-refractivity contribution >= 4 is 29.9 Å². The molecular formula is C16H30IN5. The highest BCUT2D eigenvalue weighted by atomic mass is 127. The fourth-order valence-corrected chi connectivity index (χ4v) is 3.06. The smallest absolute Gasteiger partial charge is 0.191 e. The van der Waals surface area contributed by atoms with Crippen molar-refractivity contribution in [2.75, 3.05) is 13.6 Å². The summed E-state index contributed by atoms with van der Waals surface area (Å²) in [7, 11) is 1.84. The zero-order valence-corrected chi connectivity index (χ0v) is 16.3. The van der Waals surface area contributed by atoms with E-state index in [0.29, 0.717) is 6.04 Å². The van der Waals surface area contributed by atoms with E-state index in [0.717, 1.165) is 25.0 Å². The first kappa shape index (κ1) is 19.3. The summed E-state index contributed by atoms with van der Waals surface area (Å²) in [6.07, 6.45) is 10.5. The number of aryl methyl sites for hydroxylation is 1. The Morgan fingerprint density at radius 1 is 1.45 bits per heavy atom. The van der Waals surface area contributed by atoms with Gasteiger partial charge in [0.05, 0.1) is 12.7 Å². The molecule has 1 heterocycles. The molecule has 0 aromatic carbocycles. The monoisotopic (exact) mass is 419 g/mol. The fraction of sp³-hybridized carbons (Fsp3) is 0.750. The maximum atomic E-state index is 4.33. The molecule has 6 heteroatoms. The van der Waals surface area contributed by atoms with Crippen molar-refractivity contribution in [3.05, 3.63) is 18.0 Å². The Balaban J connectivity index is 0.00000242. The standard InChI is InChI=1S/C16H29N5.HI/c1-4-14-6-5-7-15(10-14)20-16(17-3)18-8-9-21-12-13(2)11-19-21;/h11-12,14-15H,4-10H2,1-3H3,(H2,17,18,20);1H. The van der Waals surface area contributed by atoms with Crippen LogP contribution in [0.15, 0.2) is 17.4 Å². The normalized spacial score (nSPS) is 22.0. The number of aliphatic imine (C=N–C) groups is 1. The van der Waals surface area contributed by atoms with Gasteiger partial charge in [-0.1, -0.05) is 26.2 Å². The van der Waals surface area contributed by atoms with E-state index in [2.05, 4.69) is 40.8 Å². The molecule has 1 fully saturated rings. The predicted molar refractivity (Wildman–Crippen MR) is 103 cm³/mol. The Kier molecular flexibility index (Phi) is 8.82. The summed E-state index contributed by atoms with van der Waals surface area (Å²) in [5, 5.41) is 11.2.